The largest absolute Gasteiger partial charge is 0.238 e. The Morgan fingerprint density at radius 3 is 1.75 bits per heavy atom. The standard InChI is InChI=1S/C10H16N2/c1-5-9-7(3)11-10(6-2)12-8(9)4/h5-6H2,1-4H3. The number of aryl methyl sites for hydroxylation is 3. The van der Waals surface area contributed by atoms with Crippen molar-refractivity contribution in [1.82, 2.24) is 9.97 Å². The first-order valence-corrected chi connectivity index (χ1v) is 4.52. The summed E-state index contributed by atoms with van der Waals surface area (Å²) in [4.78, 5) is 8.82. The third-order valence-corrected chi connectivity index (χ3v) is 2.14. The van der Waals surface area contributed by atoms with E-state index < -0.39 is 0 Å². The van der Waals surface area contributed by atoms with Crippen molar-refractivity contribution < 1.29 is 0 Å². The van der Waals surface area contributed by atoms with Crippen LogP contribution in [-0.4, -0.2) is 9.97 Å². The second kappa shape index (κ2) is 3.65. The van der Waals surface area contributed by atoms with E-state index in [1.54, 1.807) is 0 Å². The van der Waals surface area contributed by atoms with Crippen LogP contribution < -0.4 is 0 Å². The Labute approximate surface area is 74.1 Å². The Hall–Kier alpha value is -0.920. The molecule has 0 fully saturated rings. The first kappa shape index (κ1) is 9.17. The highest BCUT2D eigenvalue weighted by atomic mass is 14.9. The van der Waals surface area contributed by atoms with Crippen LogP contribution >= 0.6 is 0 Å². The van der Waals surface area contributed by atoms with Gasteiger partial charge in [-0.2, -0.15) is 0 Å². The van der Waals surface area contributed by atoms with Gasteiger partial charge in [0.15, 0.2) is 0 Å². The summed E-state index contributed by atoms with van der Waals surface area (Å²) in [7, 11) is 0. The lowest BCUT2D eigenvalue weighted by Crippen LogP contribution is -2.03. The van der Waals surface area contributed by atoms with Crippen molar-refractivity contribution in [2.45, 2.75) is 40.5 Å². The molecule has 0 spiro atoms. The molecule has 1 rings (SSSR count). The molecule has 1 heterocycles. The minimum Gasteiger partial charge on any atom is -0.238 e. The molecule has 0 radical (unpaired) electrons. The van der Waals surface area contributed by atoms with Gasteiger partial charge in [0.1, 0.15) is 5.82 Å². The van der Waals surface area contributed by atoms with Crippen LogP contribution in [0.25, 0.3) is 0 Å². The molecule has 0 aliphatic carbocycles. The van der Waals surface area contributed by atoms with Gasteiger partial charge in [0, 0.05) is 17.8 Å². The maximum atomic E-state index is 4.41. The highest BCUT2D eigenvalue weighted by Crippen LogP contribution is 2.10. The van der Waals surface area contributed by atoms with Gasteiger partial charge >= 0.3 is 0 Å². The van der Waals surface area contributed by atoms with E-state index in [0.29, 0.717) is 0 Å². The Balaban J connectivity index is 3.18. The Bertz CT molecular complexity index is 256. The summed E-state index contributed by atoms with van der Waals surface area (Å²) in [6.45, 7) is 8.35. The van der Waals surface area contributed by atoms with Crippen LogP contribution in [0.4, 0.5) is 0 Å². The van der Waals surface area contributed by atoms with E-state index in [9.17, 15) is 0 Å². The Kier molecular flexibility index (Phi) is 2.79. The lowest BCUT2D eigenvalue weighted by Gasteiger charge is -2.07. The second-order valence-corrected chi connectivity index (χ2v) is 3.00. The zero-order valence-corrected chi connectivity index (χ0v) is 8.31. The van der Waals surface area contributed by atoms with Crippen LogP contribution in [0.2, 0.25) is 0 Å². The molecule has 0 aliphatic heterocycles. The molecule has 0 aliphatic rings. The smallest absolute Gasteiger partial charge is 0.128 e. The highest BCUT2D eigenvalue weighted by Gasteiger charge is 2.04. The molecule has 0 saturated heterocycles. The van der Waals surface area contributed by atoms with Crippen molar-refractivity contribution in [1.29, 1.82) is 0 Å². The van der Waals surface area contributed by atoms with Gasteiger partial charge in [-0.3, -0.25) is 0 Å². The zero-order chi connectivity index (χ0) is 9.14. The van der Waals surface area contributed by atoms with E-state index in [4.69, 9.17) is 0 Å². The molecule has 66 valence electrons. The topological polar surface area (TPSA) is 25.8 Å². The van der Waals surface area contributed by atoms with Crippen LogP contribution in [0.1, 0.15) is 36.6 Å². The van der Waals surface area contributed by atoms with Crippen LogP contribution in [0.3, 0.4) is 0 Å². The molecule has 0 unspecified atom stereocenters. The van der Waals surface area contributed by atoms with Gasteiger partial charge in [-0.1, -0.05) is 13.8 Å². The Morgan fingerprint density at radius 1 is 0.917 bits per heavy atom. The summed E-state index contributed by atoms with van der Waals surface area (Å²) in [5, 5.41) is 0. The molecule has 1 aromatic rings. The molecule has 0 aromatic carbocycles. The fraction of sp³-hybridized carbons (Fsp3) is 0.600. The average Bonchev–Trinajstić information content (AvgIpc) is 2.03. The molecule has 1 aromatic heterocycles. The van der Waals surface area contributed by atoms with Crippen LogP contribution in [-0.2, 0) is 12.8 Å². The first-order chi connectivity index (χ1) is 5.69. The van der Waals surface area contributed by atoms with E-state index in [-0.39, 0.29) is 0 Å². The quantitative estimate of drug-likeness (QED) is 0.669. The zero-order valence-electron chi connectivity index (χ0n) is 8.31. The van der Waals surface area contributed by atoms with Crippen molar-refractivity contribution >= 4 is 0 Å². The molecule has 2 nitrogen and oxygen atoms in total. The average molecular weight is 164 g/mol. The molecule has 0 amide bonds. The molecule has 0 N–H and O–H groups in total. The summed E-state index contributed by atoms with van der Waals surface area (Å²) in [5.74, 6) is 0.960. The third-order valence-electron chi connectivity index (χ3n) is 2.14. The second-order valence-electron chi connectivity index (χ2n) is 3.00. The highest BCUT2D eigenvalue weighted by molar-refractivity contribution is 5.23. The maximum absolute atomic E-state index is 4.41. The van der Waals surface area contributed by atoms with Crippen molar-refractivity contribution in [2.75, 3.05) is 0 Å². The van der Waals surface area contributed by atoms with Gasteiger partial charge in [-0.15, -0.1) is 0 Å². The predicted octanol–water partition coefficient (Wildman–Crippen LogP) is 2.22. The van der Waals surface area contributed by atoms with Crippen LogP contribution in [0, 0.1) is 13.8 Å². The summed E-state index contributed by atoms with van der Waals surface area (Å²) >= 11 is 0. The molecule has 2 heteroatoms. The van der Waals surface area contributed by atoms with Crippen molar-refractivity contribution in [2.24, 2.45) is 0 Å². The van der Waals surface area contributed by atoms with Crippen molar-refractivity contribution in [3.63, 3.8) is 0 Å². The van der Waals surface area contributed by atoms with Gasteiger partial charge in [0.05, 0.1) is 0 Å². The number of nitrogens with zero attached hydrogens (tertiary/aromatic N) is 2. The van der Waals surface area contributed by atoms with Gasteiger partial charge in [0.25, 0.3) is 0 Å². The van der Waals surface area contributed by atoms with E-state index in [1.165, 1.54) is 5.56 Å². The van der Waals surface area contributed by atoms with Crippen molar-refractivity contribution in [3.05, 3.63) is 22.8 Å². The number of aromatic nitrogens is 2. The van der Waals surface area contributed by atoms with E-state index in [2.05, 4.69) is 37.7 Å². The van der Waals surface area contributed by atoms with Gasteiger partial charge in [0.2, 0.25) is 0 Å². The molecular weight excluding hydrogens is 148 g/mol. The molecule has 0 saturated carbocycles. The van der Waals surface area contributed by atoms with E-state index >= 15 is 0 Å². The van der Waals surface area contributed by atoms with Crippen LogP contribution in [0.15, 0.2) is 0 Å². The van der Waals surface area contributed by atoms with Gasteiger partial charge in [-0.05, 0) is 25.8 Å². The van der Waals surface area contributed by atoms with E-state index in [0.717, 1.165) is 30.1 Å². The summed E-state index contributed by atoms with van der Waals surface area (Å²) in [6, 6.07) is 0. The number of hydrogen-bond donors (Lipinski definition) is 0. The summed E-state index contributed by atoms with van der Waals surface area (Å²) in [5.41, 5.74) is 3.58. The van der Waals surface area contributed by atoms with Gasteiger partial charge in [-0.25, -0.2) is 9.97 Å². The van der Waals surface area contributed by atoms with Crippen molar-refractivity contribution in [3.8, 4) is 0 Å². The minimum atomic E-state index is 0.922. The summed E-state index contributed by atoms with van der Waals surface area (Å²) < 4.78 is 0. The summed E-state index contributed by atoms with van der Waals surface area (Å²) in [6.07, 6.45) is 1.95. The molecule has 0 bridgehead atoms. The van der Waals surface area contributed by atoms with Gasteiger partial charge < -0.3 is 0 Å². The number of hydrogen-bond acceptors (Lipinski definition) is 2. The first-order valence-electron chi connectivity index (χ1n) is 4.52. The SMILES string of the molecule is CCc1nc(C)c(CC)c(C)n1. The molecular formula is C10H16N2. The minimum absolute atomic E-state index is 0.922. The fourth-order valence-corrected chi connectivity index (χ4v) is 1.48. The normalized spacial score (nSPS) is 10.3. The third kappa shape index (κ3) is 1.63. The fourth-order valence-electron chi connectivity index (χ4n) is 1.48. The predicted molar refractivity (Wildman–Crippen MR) is 50.3 cm³/mol. The Morgan fingerprint density at radius 2 is 1.42 bits per heavy atom. The monoisotopic (exact) mass is 164 g/mol. The van der Waals surface area contributed by atoms with Crippen LogP contribution in [0.5, 0.6) is 0 Å². The van der Waals surface area contributed by atoms with E-state index in [1.807, 2.05) is 0 Å². The molecule has 12 heavy (non-hydrogen) atoms. The maximum Gasteiger partial charge on any atom is 0.128 e. The number of rotatable bonds is 2. The lowest BCUT2D eigenvalue weighted by atomic mass is 10.1. The lowest BCUT2D eigenvalue weighted by molar-refractivity contribution is 0.861. The molecule has 0 atom stereocenters.